The predicted octanol–water partition coefficient (Wildman–Crippen LogP) is 2.07. The second-order valence-electron chi connectivity index (χ2n) is 3.59. The Balaban J connectivity index is 2.11. The lowest BCUT2D eigenvalue weighted by atomic mass is 10.2. The number of hydrogen-bond donors (Lipinski definition) is 0. The third-order valence-electron chi connectivity index (χ3n) is 2.07. The molecule has 0 aliphatic carbocycles. The van der Waals surface area contributed by atoms with Crippen molar-refractivity contribution in [1.29, 1.82) is 0 Å². The normalized spacial score (nSPS) is 9.71. The van der Waals surface area contributed by atoms with E-state index in [1.165, 1.54) is 6.92 Å². The molecule has 92 valence electrons. The van der Waals surface area contributed by atoms with E-state index in [1.54, 1.807) is 0 Å². The molecule has 0 bridgehead atoms. The monoisotopic (exact) mass is 236 g/mol. The summed E-state index contributed by atoms with van der Waals surface area (Å²) in [5.74, 6) is -0.608. The third-order valence-corrected chi connectivity index (χ3v) is 2.07. The van der Waals surface area contributed by atoms with Crippen LogP contribution in [0.15, 0.2) is 30.3 Å². The average molecular weight is 236 g/mol. The van der Waals surface area contributed by atoms with E-state index >= 15 is 0 Å². The Kier molecular flexibility index (Phi) is 5.79. The fraction of sp³-hybridized carbons (Fsp3) is 0.385. The molecule has 17 heavy (non-hydrogen) atoms. The van der Waals surface area contributed by atoms with Gasteiger partial charge in [0.15, 0.2) is 0 Å². The van der Waals surface area contributed by atoms with Crippen molar-refractivity contribution in [2.75, 3.05) is 6.61 Å². The molecule has 0 atom stereocenters. The summed E-state index contributed by atoms with van der Waals surface area (Å²) in [7, 11) is 0. The molecule has 0 saturated carbocycles. The number of ether oxygens (including phenoxy) is 2. The highest BCUT2D eigenvalue weighted by atomic mass is 16.5. The van der Waals surface area contributed by atoms with Crippen LogP contribution in [0.25, 0.3) is 0 Å². The second-order valence-corrected chi connectivity index (χ2v) is 3.59. The minimum absolute atomic E-state index is 0.260. The zero-order valence-electron chi connectivity index (χ0n) is 9.85. The van der Waals surface area contributed by atoms with Gasteiger partial charge in [0.1, 0.15) is 6.61 Å². The minimum atomic E-state index is -0.331. The summed E-state index contributed by atoms with van der Waals surface area (Å²) < 4.78 is 9.76. The zero-order valence-corrected chi connectivity index (χ0v) is 9.85. The van der Waals surface area contributed by atoms with Gasteiger partial charge in [-0.3, -0.25) is 9.59 Å². The fourth-order valence-electron chi connectivity index (χ4n) is 1.24. The van der Waals surface area contributed by atoms with E-state index in [0.717, 1.165) is 5.56 Å². The van der Waals surface area contributed by atoms with Crippen molar-refractivity contribution in [3.8, 4) is 0 Å². The molecule has 0 amide bonds. The molecule has 0 aliphatic rings. The molecule has 0 radical (unpaired) electrons. The Hall–Kier alpha value is -1.84. The van der Waals surface area contributed by atoms with Crippen LogP contribution in [0.4, 0.5) is 0 Å². The van der Waals surface area contributed by atoms with E-state index in [4.69, 9.17) is 9.47 Å². The first-order chi connectivity index (χ1) is 8.18. The number of benzene rings is 1. The molecule has 0 fully saturated rings. The average Bonchev–Trinajstić information content (AvgIpc) is 2.33. The Morgan fingerprint density at radius 1 is 1.12 bits per heavy atom. The summed E-state index contributed by atoms with van der Waals surface area (Å²) in [5, 5.41) is 0. The molecule has 1 aromatic carbocycles. The number of hydrogen-bond acceptors (Lipinski definition) is 4. The van der Waals surface area contributed by atoms with Crippen LogP contribution in [-0.2, 0) is 25.7 Å². The van der Waals surface area contributed by atoms with E-state index in [2.05, 4.69) is 0 Å². The van der Waals surface area contributed by atoms with Crippen LogP contribution in [0.3, 0.4) is 0 Å². The molecule has 4 heteroatoms. The lowest BCUT2D eigenvalue weighted by Gasteiger charge is -2.05. The molecule has 0 heterocycles. The number of carbonyl (C=O) groups excluding carboxylic acids is 2. The van der Waals surface area contributed by atoms with Crippen molar-refractivity contribution in [1.82, 2.24) is 0 Å². The van der Waals surface area contributed by atoms with Gasteiger partial charge in [-0.1, -0.05) is 30.3 Å². The van der Waals surface area contributed by atoms with Crippen LogP contribution in [0, 0.1) is 0 Å². The van der Waals surface area contributed by atoms with E-state index in [-0.39, 0.29) is 31.6 Å². The smallest absolute Gasteiger partial charge is 0.306 e. The van der Waals surface area contributed by atoms with Crippen molar-refractivity contribution in [3.63, 3.8) is 0 Å². The maximum absolute atomic E-state index is 11.3. The summed E-state index contributed by atoms with van der Waals surface area (Å²) >= 11 is 0. The second kappa shape index (κ2) is 7.44. The van der Waals surface area contributed by atoms with Crippen molar-refractivity contribution >= 4 is 11.9 Å². The molecule has 4 nitrogen and oxygen atoms in total. The van der Waals surface area contributed by atoms with Crippen LogP contribution >= 0.6 is 0 Å². The summed E-state index contributed by atoms with van der Waals surface area (Å²) in [6.45, 7) is 1.89. The molecule has 1 aromatic rings. The van der Waals surface area contributed by atoms with Gasteiger partial charge in [-0.05, 0) is 12.0 Å². The van der Waals surface area contributed by atoms with Gasteiger partial charge in [0.25, 0.3) is 0 Å². The summed E-state index contributed by atoms with van der Waals surface area (Å²) in [4.78, 5) is 21.8. The van der Waals surface area contributed by atoms with Gasteiger partial charge in [-0.2, -0.15) is 0 Å². The van der Waals surface area contributed by atoms with Gasteiger partial charge in [0.05, 0.1) is 6.61 Å². The van der Waals surface area contributed by atoms with Crippen molar-refractivity contribution in [2.45, 2.75) is 26.4 Å². The largest absolute Gasteiger partial charge is 0.466 e. The van der Waals surface area contributed by atoms with Crippen molar-refractivity contribution in [2.24, 2.45) is 0 Å². The Morgan fingerprint density at radius 3 is 2.47 bits per heavy atom. The molecular weight excluding hydrogens is 220 g/mol. The van der Waals surface area contributed by atoms with Gasteiger partial charge >= 0.3 is 11.9 Å². The number of rotatable bonds is 6. The van der Waals surface area contributed by atoms with Gasteiger partial charge in [-0.25, -0.2) is 0 Å². The lowest BCUT2D eigenvalue weighted by molar-refractivity contribution is -0.147. The minimum Gasteiger partial charge on any atom is -0.466 e. The van der Waals surface area contributed by atoms with Gasteiger partial charge in [0, 0.05) is 13.3 Å². The molecule has 0 N–H and O–H groups in total. The van der Waals surface area contributed by atoms with E-state index in [0.29, 0.717) is 6.42 Å². The van der Waals surface area contributed by atoms with E-state index in [9.17, 15) is 9.59 Å². The van der Waals surface area contributed by atoms with Crippen LogP contribution < -0.4 is 0 Å². The van der Waals surface area contributed by atoms with Crippen LogP contribution in [0.1, 0.15) is 25.3 Å². The molecule has 1 rings (SSSR count). The van der Waals surface area contributed by atoms with Crippen LogP contribution in [0.5, 0.6) is 0 Å². The third kappa shape index (κ3) is 6.35. The fourth-order valence-corrected chi connectivity index (χ4v) is 1.24. The predicted molar refractivity (Wildman–Crippen MR) is 62.1 cm³/mol. The van der Waals surface area contributed by atoms with Crippen LogP contribution in [0.2, 0.25) is 0 Å². The van der Waals surface area contributed by atoms with Gasteiger partial charge in [0.2, 0.25) is 0 Å². The molecular formula is C13H16O4. The van der Waals surface area contributed by atoms with Gasteiger partial charge in [-0.15, -0.1) is 0 Å². The molecule has 0 unspecified atom stereocenters. The molecule has 0 saturated heterocycles. The van der Waals surface area contributed by atoms with E-state index in [1.807, 2.05) is 30.3 Å². The standard InChI is InChI=1S/C13H16O4/c1-11(14)16-9-5-8-13(15)17-10-12-6-3-2-4-7-12/h2-4,6-7H,5,8-10H2,1H3. The maximum atomic E-state index is 11.3. The zero-order chi connectivity index (χ0) is 12.5. The highest BCUT2D eigenvalue weighted by Gasteiger charge is 2.03. The maximum Gasteiger partial charge on any atom is 0.306 e. The Morgan fingerprint density at radius 2 is 1.82 bits per heavy atom. The summed E-state index contributed by atoms with van der Waals surface area (Å²) in [5.41, 5.74) is 0.959. The number of carbonyl (C=O) groups is 2. The first kappa shape index (κ1) is 13.2. The van der Waals surface area contributed by atoms with E-state index < -0.39 is 0 Å². The Bertz CT molecular complexity index is 359. The molecule has 0 spiro atoms. The lowest BCUT2D eigenvalue weighted by Crippen LogP contribution is -2.07. The highest BCUT2D eigenvalue weighted by molar-refractivity contribution is 5.69. The van der Waals surface area contributed by atoms with Crippen molar-refractivity contribution < 1.29 is 19.1 Å². The SMILES string of the molecule is CC(=O)OCCCC(=O)OCc1ccccc1. The summed E-state index contributed by atoms with van der Waals surface area (Å²) in [6, 6.07) is 9.48. The first-order valence-electron chi connectivity index (χ1n) is 5.51. The van der Waals surface area contributed by atoms with Gasteiger partial charge < -0.3 is 9.47 Å². The first-order valence-corrected chi connectivity index (χ1v) is 5.51. The Labute approximate surface area is 101 Å². The quantitative estimate of drug-likeness (QED) is 0.560. The number of esters is 2. The molecule has 0 aromatic heterocycles. The summed E-state index contributed by atoms with van der Waals surface area (Å²) in [6.07, 6.45) is 0.757. The molecule has 0 aliphatic heterocycles. The highest BCUT2D eigenvalue weighted by Crippen LogP contribution is 2.02. The van der Waals surface area contributed by atoms with Crippen molar-refractivity contribution in [3.05, 3.63) is 35.9 Å². The topological polar surface area (TPSA) is 52.6 Å². The van der Waals surface area contributed by atoms with Crippen LogP contribution in [-0.4, -0.2) is 18.5 Å².